The molecule has 0 saturated carbocycles. The first-order valence-corrected chi connectivity index (χ1v) is 10.4. The second-order valence-electron chi connectivity index (χ2n) is 8.78. The Morgan fingerprint density at radius 2 is 1.85 bits per heavy atom. The molecule has 1 aliphatic carbocycles. The summed E-state index contributed by atoms with van der Waals surface area (Å²) in [6.45, 7) is 3.96. The Hall–Kier alpha value is -4.34. The van der Waals surface area contributed by atoms with Crippen LogP contribution in [0.15, 0.2) is 59.7 Å². The quantitative estimate of drug-likeness (QED) is 0.497. The molecule has 0 bridgehead atoms. The summed E-state index contributed by atoms with van der Waals surface area (Å²) in [5.41, 5.74) is 4.10. The van der Waals surface area contributed by atoms with Crippen LogP contribution in [-0.4, -0.2) is 36.2 Å². The van der Waals surface area contributed by atoms with E-state index in [1.54, 1.807) is 42.5 Å². The van der Waals surface area contributed by atoms with Crippen molar-refractivity contribution in [1.29, 1.82) is 0 Å². The van der Waals surface area contributed by atoms with Crippen LogP contribution >= 0.6 is 0 Å². The van der Waals surface area contributed by atoms with Gasteiger partial charge >= 0.3 is 0 Å². The number of carbonyl (C=O) groups excluding carboxylic acids is 2. The molecule has 4 aromatic rings. The van der Waals surface area contributed by atoms with Crippen molar-refractivity contribution in [3.05, 3.63) is 82.0 Å². The lowest BCUT2D eigenvalue weighted by molar-refractivity contribution is 0.0907. The average Bonchev–Trinajstić information content (AvgIpc) is 3.25. The Bertz CT molecular complexity index is 1450. The molecule has 1 aromatic carbocycles. The van der Waals surface area contributed by atoms with Gasteiger partial charge in [0.25, 0.3) is 11.5 Å². The Balaban J connectivity index is 1.61. The summed E-state index contributed by atoms with van der Waals surface area (Å²) < 4.78 is 2.77. The maximum Gasteiger partial charge on any atom is 0.293 e. The van der Waals surface area contributed by atoms with Crippen molar-refractivity contribution in [2.75, 3.05) is 10.7 Å². The van der Waals surface area contributed by atoms with Gasteiger partial charge in [-0.25, -0.2) is 4.68 Å². The van der Waals surface area contributed by atoms with E-state index in [9.17, 15) is 14.4 Å². The zero-order valence-corrected chi connectivity index (χ0v) is 18.1. The Morgan fingerprint density at radius 3 is 2.64 bits per heavy atom. The number of nitrogens with zero attached hydrogens (tertiary/aromatic N) is 5. The Morgan fingerprint density at radius 1 is 1.06 bits per heavy atom. The second-order valence-corrected chi connectivity index (χ2v) is 8.78. The number of hydrogen-bond donors (Lipinski definition) is 2. The molecule has 0 saturated heterocycles. The molecule has 2 N–H and O–H groups in total. The zero-order chi connectivity index (χ0) is 23.2. The number of pyridine rings is 1. The second kappa shape index (κ2) is 7.66. The number of rotatable bonds is 4. The van der Waals surface area contributed by atoms with Crippen LogP contribution in [0.1, 0.15) is 46.7 Å². The van der Waals surface area contributed by atoms with Crippen LogP contribution in [0.2, 0.25) is 0 Å². The topological polar surface area (TPSA) is 123 Å². The third kappa shape index (κ3) is 3.86. The van der Waals surface area contributed by atoms with E-state index in [1.807, 2.05) is 13.8 Å². The first-order valence-electron chi connectivity index (χ1n) is 10.4. The summed E-state index contributed by atoms with van der Waals surface area (Å²) in [6.07, 6.45) is 2.29. The fourth-order valence-corrected chi connectivity index (χ4v) is 4.01. The lowest BCUT2D eigenvalue weighted by atomic mass is 9.75. The maximum absolute atomic E-state index is 13.5. The van der Waals surface area contributed by atoms with Gasteiger partial charge in [0.2, 0.25) is 0 Å². The smallest absolute Gasteiger partial charge is 0.293 e. The molecule has 3 heterocycles. The van der Waals surface area contributed by atoms with Gasteiger partial charge in [0.05, 0.1) is 5.69 Å². The highest BCUT2D eigenvalue weighted by Gasteiger charge is 2.34. The van der Waals surface area contributed by atoms with Crippen LogP contribution in [0.4, 0.5) is 11.5 Å². The molecular weight excluding hydrogens is 422 g/mol. The molecule has 0 fully saturated rings. The highest BCUT2D eigenvalue weighted by molar-refractivity contribution is 6.05. The number of amides is 1. The number of carbonyl (C=O) groups is 2. The van der Waals surface area contributed by atoms with E-state index in [0.717, 1.165) is 0 Å². The van der Waals surface area contributed by atoms with Gasteiger partial charge in [-0.3, -0.25) is 19.8 Å². The van der Waals surface area contributed by atoms with Crippen molar-refractivity contribution >= 4 is 28.8 Å². The normalized spacial score (nSPS) is 14.7. The van der Waals surface area contributed by atoms with E-state index in [1.165, 1.54) is 21.6 Å². The average molecular weight is 443 g/mol. The van der Waals surface area contributed by atoms with Crippen molar-refractivity contribution in [2.45, 2.75) is 26.7 Å². The van der Waals surface area contributed by atoms with Gasteiger partial charge in [-0.2, -0.15) is 4.52 Å². The first kappa shape index (κ1) is 20.6. The molecule has 0 unspecified atom stereocenters. The third-order valence-corrected chi connectivity index (χ3v) is 5.56. The van der Waals surface area contributed by atoms with E-state index in [4.69, 9.17) is 0 Å². The van der Waals surface area contributed by atoms with Crippen molar-refractivity contribution in [2.24, 2.45) is 5.41 Å². The number of anilines is 2. The van der Waals surface area contributed by atoms with E-state index in [-0.39, 0.29) is 16.9 Å². The zero-order valence-electron chi connectivity index (χ0n) is 18.1. The lowest BCUT2D eigenvalue weighted by Crippen LogP contribution is -2.39. The molecule has 0 spiro atoms. The molecule has 166 valence electrons. The van der Waals surface area contributed by atoms with Crippen LogP contribution in [0.5, 0.6) is 0 Å². The van der Waals surface area contributed by atoms with E-state index < -0.39 is 11.5 Å². The van der Waals surface area contributed by atoms with E-state index in [2.05, 4.69) is 26.0 Å². The number of benzene rings is 1. The minimum absolute atomic E-state index is 0.00790. The number of Topliss-reactive ketones (excluding diaryl/α,β-unsaturated/α-hetero) is 1. The molecule has 3 aromatic heterocycles. The Labute approximate surface area is 188 Å². The van der Waals surface area contributed by atoms with Crippen LogP contribution in [0.3, 0.4) is 0 Å². The molecule has 1 amide bonds. The summed E-state index contributed by atoms with van der Waals surface area (Å²) in [5.74, 6) is -0.171. The van der Waals surface area contributed by atoms with Crippen LogP contribution < -0.4 is 16.3 Å². The minimum atomic E-state index is -0.491. The van der Waals surface area contributed by atoms with Gasteiger partial charge in [-0.15, -0.1) is 15.3 Å². The van der Waals surface area contributed by atoms with Crippen molar-refractivity contribution in [3.63, 3.8) is 0 Å². The van der Waals surface area contributed by atoms with Crippen LogP contribution in [-0.2, 0) is 6.42 Å². The molecule has 10 heteroatoms. The number of aromatic nitrogens is 5. The summed E-state index contributed by atoms with van der Waals surface area (Å²) in [4.78, 5) is 39.1. The fourth-order valence-electron chi connectivity index (χ4n) is 4.01. The molecular formula is C23H21N7O3. The monoisotopic (exact) mass is 443 g/mol. The van der Waals surface area contributed by atoms with Crippen molar-refractivity contribution in [1.82, 2.24) is 24.5 Å². The summed E-state index contributed by atoms with van der Waals surface area (Å²) in [5, 5.41) is 14.7. The lowest BCUT2D eigenvalue weighted by Gasteiger charge is -2.32. The predicted molar refractivity (Wildman–Crippen MR) is 121 cm³/mol. The first-order chi connectivity index (χ1) is 15.8. The summed E-state index contributed by atoms with van der Waals surface area (Å²) in [6, 6.07) is 13.4. The molecule has 0 radical (unpaired) electrons. The highest BCUT2D eigenvalue weighted by atomic mass is 16.2. The fraction of sp³-hybridized carbons (Fsp3) is 0.217. The van der Waals surface area contributed by atoms with Gasteiger partial charge in [-0.05, 0) is 42.2 Å². The Kier molecular flexibility index (Phi) is 4.77. The van der Waals surface area contributed by atoms with Crippen LogP contribution in [0.25, 0.3) is 5.65 Å². The number of nitrogens with one attached hydrogen (secondary N) is 2. The molecule has 33 heavy (non-hydrogen) atoms. The SMILES string of the molecule is CC1(C)CC(=O)c2cc(NC(=O)c3ccccc3)c(=O)n(Nc3ccc4nncn4n3)c2C1. The van der Waals surface area contributed by atoms with Crippen molar-refractivity contribution < 1.29 is 9.59 Å². The molecule has 1 aliphatic rings. The number of hydrogen-bond acceptors (Lipinski definition) is 7. The standard InChI is InChI=1S/C23H21N7O3/c1-23(2)11-17-15(18(31)12-23)10-16(25-21(32)14-6-4-3-5-7-14)22(33)30(17)28-19-8-9-20-26-24-13-29(20)27-19/h3-10,13H,11-12H2,1-2H3,(H,25,32)(H,27,28). The highest BCUT2D eigenvalue weighted by Crippen LogP contribution is 2.35. The summed E-state index contributed by atoms with van der Waals surface area (Å²) >= 11 is 0. The molecule has 0 aliphatic heterocycles. The largest absolute Gasteiger partial charge is 0.317 e. The number of fused-ring (bicyclic) bond motifs is 2. The van der Waals surface area contributed by atoms with E-state index >= 15 is 0 Å². The third-order valence-electron chi connectivity index (χ3n) is 5.56. The summed E-state index contributed by atoms with van der Waals surface area (Å²) in [7, 11) is 0. The predicted octanol–water partition coefficient (Wildman–Crippen LogP) is 2.57. The molecule has 10 nitrogen and oxygen atoms in total. The van der Waals surface area contributed by atoms with Crippen molar-refractivity contribution in [3.8, 4) is 0 Å². The van der Waals surface area contributed by atoms with Gasteiger partial charge < -0.3 is 5.32 Å². The molecule has 5 rings (SSSR count). The van der Waals surface area contributed by atoms with E-state index in [0.29, 0.717) is 41.1 Å². The van der Waals surface area contributed by atoms with Crippen LogP contribution in [0, 0.1) is 5.41 Å². The van der Waals surface area contributed by atoms with Gasteiger partial charge in [0.1, 0.15) is 12.0 Å². The number of ketones is 1. The maximum atomic E-state index is 13.5. The van der Waals surface area contributed by atoms with Gasteiger partial charge in [0.15, 0.2) is 17.2 Å². The van der Waals surface area contributed by atoms with Gasteiger partial charge in [0, 0.05) is 17.5 Å². The molecule has 0 atom stereocenters. The van der Waals surface area contributed by atoms with Gasteiger partial charge in [-0.1, -0.05) is 32.0 Å². The minimum Gasteiger partial charge on any atom is -0.317 e.